The number of amides is 2. The topological polar surface area (TPSA) is 84.2 Å². The lowest BCUT2D eigenvalue weighted by molar-refractivity contribution is -0.123. The van der Waals surface area contributed by atoms with E-state index < -0.39 is 5.41 Å². The molecule has 0 saturated heterocycles. The van der Waals surface area contributed by atoms with Crippen molar-refractivity contribution in [1.29, 1.82) is 0 Å². The molecule has 0 aromatic heterocycles. The highest BCUT2D eigenvalue weighted by molar-refractivity contribution is 6.04. The van der Waals surface area contributed by atoms with E-state index in [9.17, 15) is 9.59 Å². The molecular formula is C14H21N3O2. The minimum atomic E-state index is -0.513. The van der Waals surface area contributed by atoms with Crippen molar-refractivity contribution in [3.63, 3.8) is 0 Å². The van der Waals surface area contributed by atoms with E-state index in [2.05, 4.69) is 10.6 Å². The molecule has 0 radical (unpaired) electrons. The Labute approximate surface area is 113 Å². The van der Waals surface area contributed by atoms with Crippen LogP contribution in [-0.2, 0) is 4.79 Å². The highest BCUT2D eigenvalue weighted by Crippen LogP contribution is 2.20. The lowest BCUT2D eigenvalue weighted by Crippen LogP contribution is -2.31. The zero-order chi connectivity index (χ0) is 14.5. The number of benzene rings is 1. The van der Waals surface area contributed by atoms with Crippen LogP contribution in [0.4, 0.5) is 5.69 Å². The van der Waals surface area contributed by atoms with Crippen LogP contribution in [0.15, 0.2) is 24.3 Å². The lowest BCUT2D eigenvalue weighted by atomic mass is 9.95. The van der Waals surface area contributed by atoms with Gasteiger partial charge in [-0.3, -0.25) is 9.59 Å². The summed E-state index contributed by atoms with van der Waals surface area (Å²) in [6, 6.07) is 6.91. The number of rotatable bonds is 4. The van der Waals surface area contributed by atoms with Crippen LogP contribution >= 0.6 is 0 Å². The third-order valence-electron chi connectivity index (χ3n) is 2.53. The predicted molar refractivity (Wildman–Crippen MR) is 75.9 cm³/mol. The first kappa shape index (κ1) is 15.2. The van der Waals surface area contributed by atoms with Gasteiger partial charge in [-0.15, -0.1) is 0 Å². The van der Waals surface area contributed by atoms with Crippen molar-refractivity contribution in [2.24, 2.45) is 11.1 Å². The Hall–Kier alpha value is -1.88. The molecule has 5 heteroatoms. The van der Waals surface area contributed by atoms with Gasteiger partial charge >= 0.3 is 0 Å². The molecule has 1 aromatic rings. The van der Waals surface area contributed by atoms with Crippen molar-refractivity contribution in [2.45, 2.75) is 20.8 Å². The van der Waals surface area contributed by atoms with Gasteiger partial charge in [0.15, 0.2) is 0 Å². The molecule has 0 unspecified atom stereocenters. The summed E-state index contributed by atoms with van der Waals surface area (Å²) in [5, 5.41) is 5.46. The third-order valence-corrected chi connectivity index (χ3v) is 2.53. The molecule has 4 N–H and O–H groups in total. The van der Waals surface area contributed by atoms with Crippen molar-refractivity contribution in [3.8, 4) is 0 Å². The van der Waals surface area contributed by atoms with Crippen LogP contribution in [0, 0.1) is 5.41 Å². The number of hydrogen-bond acceptors (Lipinski definition) is 3. The fraction of sp³-hybridized carbons (Fsp3) is 0.429. The third kappa shape index (κ3) is 4.37. The quantitative estimate of drug-likeness (QED) is 0.767. The van der Waals surface area contributed by atoms with Gasteiger partial charge in [-0.2, -0.15) is 0 Å². The fourth-order valence-corrected chi connectivity index (χ4v) is 1.38. The monoisotopic (exact) mass is 263 g/mol. The maximum absolute atomic E-state index is 12.0. The largest absolute Gasteiger partial charge is 0.351 e. The Morgan fingerprint density at radius 3 is 2.42 bits per heavy atom. The van der Waals surface area contributed by atoms with Gasteiger partial charge in [0.1, 0.15) is 0 Å². The normalized spacial score (nSPS) is 10.9. The molecule has 19 heavy (non-hydrogen) atoms. The summed E-state index contributed by atoms with van der Waals surface area (Å²) in [6.45, 7) is 6.24. The Bertz CT molecular complexity index is 464. The summed E-state index contributed by atoms with van der Waals surface area (Å²) < 4.78 is 0. The SMILES string of the molecule is CC(C)(C)C(=O)Nc1ccccc1C(=O)NCCN. The summed E-state index contributed by atoms with van der Waals surface area (Å²) in [7, 11) is 0. The second-order valence-corrected chi connectivity index (χ2v) is 5.29. The molecule has 2 amide bonds. The maximum atomic E-state index is 12.0. The van der Waals surface area contributed by atoms with E-state index >= 15 is 0 Å². The summed E-state index contributed by atoms with van der Waals surface area (Å²) in [6.07, 6.45) is 0. The van der Waals surface area contributed by atoms with Crippen LogP contribution in [0.5, 0.6) is 0 Å². The average molecular weight is 263 g/mol. The smallest absolute Gasteiger partial charge is 0.253 e. The number of hydrogen-bond donors (Lipinski definition) is 3. The molecule has 5 nitrogen and oxygen atoms in total. The van der Waals surface area contributed by atoms with Crippen LogP contribution in [0.2, 0.25) is 0 Å². The van der Waals surface area contributed by atoms with Gasteiger partial charge in [-0.05, 0) is 12.1 Å². The second kappa shape index (κ2) is 6.33. The van der Waals surface area contributed by atoms with Gasteiger partial charge < -0.3 is 16.4 Å². The molecule has 0 atom stereocenters. The molecule has 0 heterocycles. The van der Waals surface area contributed by atoms with Gasteiger partial charge in [-0.1, -0.05) is 32.9 Å². The van der Waals surface area contributed by atoms with Crippen LogP contribution in [0.3, 0.4) is 0 Å². The maximum Gasteiger partial charge on any atom is 0.253 e. The van der Waals surface area contributed by atoms with E-state index in [0.717, 1.165) is 0 Å². The Kier molecular flexibility index (Phi) is 5.06. The Balaban J connectivity index is 2.90. The molecule has 0 spiro atoms. The standard InChI is InChI=1S/C14H21N3O2/c1-14(2,3)13(19)17-11-7-5-4-6-10(11)12(18)16-9-8-15/h4-7H,8-9,15H2,1-3H3,(H,16,18)(H,17,19). The number of nitrogens with one attached hydrogen (secondary N) is 2. The van der Waals surface area contributed by atoms with Gasteiger partial charge in [-0.25, -0.2) is 0 Å². The number of carbonyl (C=O) groups is 2. The van der Waals surface area contributed by atoms with Gasteiger partial charge in [0, 0.05) is 18.5 Å². The van der Waals surface area contributed by atoms with Crippen molar-refractivity contribution in [3.05, 3.63) is 29.8 Å². The summed E-state index contributed by atoms with van der Waals surface area (Å²) in [4.78, 5) is 23.9. The van der Waals surface area contributed by atoms with E-state index in [1.807, 2.05) is 20.8 Å². The van der Waals surface area contributed by atoms with Crippen LogP contribution < -0.4 is 16.4 Å². The van der Waals surface area contributed by atoms with E-state index in [-0.39, 0.29) is 11.8 Å². The number of carbonyl (C=O) groups excluding carboxylic acids is 2. The Morgan fingerprint density at radius 2 is 1.84 bits per heavy atom. The zero-order valence-electron chi connectivity index (χ0n) is 11.6. The minimum Gasteiger partial charge on any atom is -0.351 e. The average Bonchev–Trinajstić information content (AvgIpc) is 2.35. The first-order valence-electron chi connectivity index (χ1n) is 6.25. The van der Waals surface area contributed by atoms with Crippen molar-refractivity contribution in [1.82, 2.24) is 5.32 Å². The molecular weight excluding hydrogens is 242 g/mol. The van der Waals surface area contributed by atoms with Crippen LogP contribution in [0.1, 0.15) is 31.1 Å². The van der Waals surface area contributed by atoms with Crippen molar-refractivity contribution < 1.29 is 9.59 Å². The molecule has 1 aromatic carbocycles. The lowest BCUT2D eigenvalue weighted by Gasteiger charge is -2.19. The minimum absolute atomic E-state index is 0.133. The zero-order valence-corrected chi connectivity index (χ0v) is 11.6. The number of anilines is 1. The second-order valence-electron chi connectivity index (χ2n) is 5.29. The molecule has 0 aliphatic rings. The van der Waals surface area contributed by atoms with Crippen LogP contribution in [-0.4, -0.2) is 24.9 Å². The predicted octanol–water partition coefficient (Wildman–Crippen LogP) is 1.36. The highest BCUT2D eigenvalue weighted by atomic mass is 16.2. The van der Waals surface area contributed by atoms with E-state index in [1.54, 1.807) is 24.3 Å². The summed E-state index contributed by atoms with van der Waals surface area (Å²) in [5.41, 5.74) is 5.78. The Morgan fingerprint density at radius 1 is 1.21 bits per heavy atom. The fourth-order valence-electron chi connectivity index (χ4n) is 1.38. The van der Waals surface area contributed by atoms with E-state index in [4.69, 9.17) is 5.73 Å². The molecule has 0 aliphatic carbocycles. The molecule has 0 aliphatic heterocycles. The van der Waals surface area contributed by atoms with E-state index in [0.29, 0.717) is 24.3 Å². The molecule has 104 valence electrons. The molecule has 1 rings (SSSR count). The molecule has 0 saturated carbocycles. The molecule has 0 fully saturated rings. The van der Waals surface area contributed by atoms with Gasteiger partial charge in [0.25, 0.3) is 5.91 Å². The molecule has 0 bridgehead atoms. The highest BCUT2D eigenvalue weighted by Gasteiger charge is 2.22. The summed E-state index contributed by atoms with van der Waals surface area (Å²) >= 11 is 0. The van der Waals surface area contributed by atoms with Crippen molar-refractivity contribution >= 4 is 17.5 Å². The summed E-state index contributed by atoms with van der Waals surface area (Å²) in [5.74, 6) is -0.373. The number of para-hydroxylation sites is 1. The van der Waals surface area contributed by atoms with Gasteiger partial charge in [0.2, 0.25) is 5.91 Å². The van der Waals surface area contributed by atoms with Crippen molar-refractivity contribution in [2.75, 3.05) is 18.4 Å². The van der Waals surface area contributed by atoms with E-state index in [1.165, 1.54) is 0 Å². The number of nitrogens with two attached hydrogens (primary N) is 1. The first-order chi connectivity index (χ1) is 8.86. The first-order valence-corrected chi connectivity index (χ1v) is 6.25. The van der Waals surface area contributed by atoms with Gasteiger partial charge in [0.05, 0.1) is 11.3 Å². The van der Waals surface area contributed by atoms with Crippen LogP contribution in [0.25, 0.3) is 0 Å².